The number of hydrogen-bond acceptors (Lipinski definition) is 3. The fourth-order valence-corrected chi connectivity index (χ4v) is 4.37. The molecule has 2 rings (SSSR count). The predicted molar refractivity (Wildman–Crippen MR) is 86.7 cm³/mol. The van der Waals surface area contributed by atoms with Gasteiger partial charge in [-0.2, -0.15) is 17.0 Å². The van der Waals surface area contributed by atoms with Crippen LogP contribution in [0.3, 0.4) is 0 Å². The summed E-state index contributed by atoms with van der Waals surface area (Å²) >= 11 is 2.00. The summed E-state index contributed by atoms with van der Waals surface area (Å²) in [5.74, 6) is 1.06. The molecular formula is C17H24N2S. The largest absolute Gasteiger partial charge is 0.297 e. The molecule has 0 amide bonds. The normalized spacial score (nSPS) is 25.9. The number of aryl methyl sites for hydroxylation is 1. The third-order valence-electron chi connectivity index (χ3n) is 3.98. The highest BCUT2D eigenvalue weighted by molar-refractivity contribution is 7.99. The number of nitriles is 1. The van der Waals surface area contributed by atoms with E-state index in [2.05, 4.69) is 56.4 Å². The molecule has 1 aromatic rings. The van der Waals surface area contributed by atoms with Gasteiger partial charge in [-0.05, 0) is 51.2 Å². The summed E-state index contributed by atoms with van der Waals surface area (Å²) < 4.78 is 0. The maximum atomic E-state index is 9.49. The molecule has 0 saturated heterocycles. The Morgan fingerprint density at radius 3 is 2.85 bits per heavy atom. The number of rotatable bonds is 5. The first-order valence-corrected chi connectivity index (χ1v) is 8.44. The first-order valence-electron chi connectivity index (χ1n) is 7.40. The van der Waals surface area contributed by atoms with E-state index in [0.717, 1.165) is 25.0 Å². The van der Waals surface area contributed by atoms with Gasteiger partial charge < -0.3 is 0 Å². The number of benzene rings is 1. The van der Waals surface area contributed by atoms with Crippen molar-refractivity contribution in [3.63, 3.8) is 0 Å². The van der Waals surface area contributed by atoms with E-state index in [-0.39, 0.29) is 5.54 Å². The van der Waals surface area contributed by atoms with Crippen molar-refractivity contribution in [3.8, 4) is 6.07 Å². The molecule has 108 valence electrons. The number of thioether (sulfide) groups is 1. The van der Waals surface area contributed by atoms with E-state index in [1.165, 1.54) is 11.1 Å². The lowest BCUT2D eigenvalue weighted by molar-refractivity contribution is 0.386. The molecule has 0 heterocycles. The van der Waals surface area contributed by atoms with E-state index in [4.69, 9.17) is 0 Å². The van der Waals surface area contributed by atoms with E-state index in [1.807, 2.05) is 11.8 Å². The average Bonchev–Trinajstić information content (AvgIpc) is 2.81. The van der Waals surface area contributed by atoms with Crippen molar-refractivity contribution in [2.24, 2.45) is 0 Å². The molecule has 0 spiro atoms. The molecule has 2 unspecified atom stereocenters. The van der Waals surface area contributed by atoms with Crippen LogP contribution >= 0.6 is 11.8 Å². The Morgan fingerprint density at radius 1 is 1.45 bits per heavy atom. The Kier molecular flexibility index (Phi) is 5.12. The minimum atomic E-state index is -0.294. The monoisotopic (exact) mass is 288 g/mol. The molecule has 1 fully saturated rings. The first-order chi connectivity index (χ1) is 9.54. The Balaban J connectivity index is 1.90. The molecule has 0 aromatic heterocycles. The average molecular weight is 288 g/mol. The van der Waals surface area contributed by atoms with Crippen LogP contribution in [0.15, 0.2) is 24.3 Å². The molecule has 1 aliphatic rings. The summed E-state index contributed by atoms with van der Waals surface area (Å²) in [5, 5.41) is 13.6. The van der Waals surface area contributed by atoms with Gasteiger partial charge in [0, 0.05) is 17.0 Å². The lowest BCUT2D eigenvalue weighted by Crippen LogP contribution is -2.45. The fraction of sp³-hybridized carbons (Fsp3) is 0.588. The molecule has 0 radical (unpaired) electrons. The van der Waals surface area contributed by atoms with Crippen LogP contribution in [-0.2, 0) is 5.75 Å². The van der Waals surface area contributed by atoms with Crippen LogP contribution in [0.5, 0.6) is 0 Å². The topological polar surface area (TPSA) is 35.8 Å². The van der Waals surface area contributed by atoms with Gasteiger partial charge in [-0.15, -0.1) is 0 Å². The van der Waals surface area contributed by atoms with Crippen LogP contribution in [0.1, 0.15) is 44.2 Å². The third kappa shape index (κ3) is 3.77. The van der Waals surface area contributed by atoms with Crippen molar-refractivity contribution >= 4 is 11.8 Å². The molecule has 0 bridgehead atoms. The van der Waals surface area contributed by atoms with E-state index >= 15 is 0 Å². The van der Waals surface area contributed by atoms with Crippen molar-refractivity contribution in [1.82, 2.24) is 5.32 Å². The quantitative estimate of drug-likeness (QED) is 0.888. The van der Waals surface area contributed by atoms with Gasteiger partial charge in [0.05, 0.1) is 6.07 Å². The molecule has 20 heavy (non-hydrogen) atoms. The Morgan fingerprint density at radius 2 is 2.20 bits per heavy atom. The van der Waals surface area contributed by atoms with Gasteiger partial charge in [-0.1, -0.05) is 24.3 Å². The van der Waals surface area contributed by atoms with Crippen molar-refractivity contribution in [1.29, 1.82) is 5.26 Å². The summed E-state index contributed by atoms with van der Waals surface area (Å²) in [5.41, 5.74) is 2.49. The van der Waals surface area contributed by atoms with E-state index in [9.17, 15) is 5.26 Å². The standard InChI is InChI=1S/C17H24N2S/c1-13(2)19-17(12-18)9-8-16(10-17)20-11-15-7-5-4-6-14(15)3/h4-7,13,16,19H,8-11H2,1-3H3. The summed E-state index contributed by atoms with van der Waals surface area (Å²) in [4.78, 5) is 0. The van der Waals surface area contributed by atoms with Crippen molar-refractivity contribution in [2.45, 2.75) is 62.6 Å². The lowest BCUT2D eigenvalue weighted by Gasteiger charge is -2.25. The highest BCUT2D eigenvalue weighted by Crippen LogP contribution is 2.38. The predicted octanol–water partition coefficient (Wildman–Crippen LogP) is 4.04. The van der Waals surface area contributed by atoms with E-state index in [1.54, 1.807) is 0 Å². The minimum absolute atomic E-state index is 0.294. The van der Waals surface area contributed by atoms with Gasteiger partial charge in [0.1, 0.15) is 5.54 Å². The summed E-state index contributed by atoms with van der Waals surface area (Å²) in [6, 6.07) is 11.5. The zero-order chi connectivity index (χ0) is 14.6. The third-order valence-corrected chi connectivity index (χ3v) is 5.34. The van der Waals surface area contributed by atoms with Crippen LogP contribution in [0.25, 0.3) is 0 Å². The van der Waals surface area contributed by atoms with E-state index < -0.39 is 0 Å². The first kappa shape index (κ1) is 15.4. The Hall–Kier alpha value is -0.980. The minimum Gasteiger partial charge on any atom is -0.297 e. The van der Waals surface area contributed by atoms with Gasteiger partial charge in [-0.25, -0.2) is 0 Å². The molecule has 1 saturated carbocycles. The highest BCUT2D eigenvalue weighted by Gasteiger charge is 2.39. The van der Waals surface area contributed by atoms with Gasteiger partial charge in [0.25, 0.3) is 0 Å². The molecule has 0 aliphatic heterocycles. The Bertz CT molecular complexity index is 492. The highest BCUT2D eigenvalue weighted by atomic mass is 32.2. The van der Waals surface area contributed by atoms with Crippen molar-refractivity contribution in [3.05, 3.63) is 35.4 Å². The maximum Gasteiger partial charge on any atom is 0.108 e. The fourth-order valence-electron chi connectivity index (χ4n) is 2.94. The number of nitrogens with zero attached hydrogens (tertiary/aromatic N) is 1. The molecule has 1 aromatic carbocycles. The van der Waals surface area contributed by atoms with Crippen LogP contribution in [0.4, 0.5) is 0 Å². The van der Waals surface area contributed by atoms with Gasteiger partial charge in [-0.3, -0.25) is 5.32 Å². The van der Waals surface area contributed by atoms with Crippen LogP contribution in [0, 0.1) is 18.3 Å². The Labute approximate surface area is 127 Å². The van der Waals surface area contributed by atoms with Crippen LogP contribution in [0.2, 0.25) is 0 Å². The molecule has 1 N–H and O–H groups in total. The summed E-state index contributed by atoms with van der Waals surface area (Å²) in [6.07, 6.45) is 3.09. The molecule has 2 nitrogen and oxygen atoms in total. The second-order valence-electron chi connectivity index (χ2n) is 6.10. The molecule has 1 aliphatic carbocycles. The van der Waals surface area contributed by atoms with Gasteiger partial charge in [0.2, 0.25) is 0 Å². The number of nitrogens with one attached hydrogen (secondary N) is 1. The summed E-state index contributed by atoms with van der Waals surface area (Å²) in [7, 11) is 0. The van der Waals surface area contributed by atoms with Crippen molar-refractivity contribution in [2.75, 3.05) is 0 Å². The second-order valence-corrected chi connectivity index (χ2v) is 7.38. The van der Waals surface area contributed by atoms with Gasteiger partial charge >= 0.3 is 0 Å². The zero-order valence-corrected chi connectivity index (χ0v) is 13.5. The molecule has 2 atom stereocenters. The molecular weight excluding hydrogens is 264 g/mol. The lowest BCUT2D eigenvalue weighted by atomic mass is 9.99. The van der Waals surface area contributed by atoms with Crippen LogP contribution in [-0.4, -0.2) is 16.8 Å². The summed E-state index contributed by atoms with van der Waals surface area (Å²) in [6.45, 7) is 6.41. The van der Waals surface area contributed by atoms with Crippen LogP contribution < -0.4 is 5.32 Å². The molecule has 3 heteroatoms. The van der Waals surface area contributed by atoms with E-state index in [0.29, 0.717) is 11.3 Å². The SMILES string of the molecule is Cc1ccccc1CSC1CCC(C#N)(NC(C)C)C1. The van der Waals surface area contributed by atoms with Gasteiger partial charge in [0.15, 0.2) is 0 Å². The smallest absolute Gasteiger partial charge is 0.108 e. The number of hydrogen-bond donors (Lipinski definition) is 1. The zero-order valence-electron chi connectivity index (χ0n) is 12.6. The van der Waals surface area contributed by atoms with Crippen molar-refractivity contribution < 1.29 is 0 Å². The maximum absolute atomic E-state index is 9.49. The second kappa shape index (κ2) is 6.65.